The molecule has 10 heteroatoms. The minimum absolute atomic E-state index is 0.0437. The number of hydrogen-bond acceptors (Lipinski definition) is 7. The predicted molar refractivity (Wildman–Crippen MR) is 104 cm³/mol. The zero-order valence-corrected chi connectivity index (χ0v) is 16.3. The summed E-state index contributed by atoms with van der Waals surface area (Å²) in [6, 6.07) is 8.08. The van der Waals surface area contributed by atoms with Crippen LogP contribution in [-0.2, 0) is 11.3 Å². The third-order valence-electron chi connectivity index (χ3n) is 4.14. The third-order valence-corrected chi connectivity index (χ3v) is 4.98. The van der Waals surface area contributed by atoms with Crippen molar-refractivity contribution in [1.82, 2.24) is 19.5 Å². The van der Waals surface area contributed by atoms with E-state index >= 15 is 0 Å². The van der Waals surface area contributed by atoms with Crippen molar-refractivity contribution in [3.05, 3.63) is 45.0 Å². The highest BCUT2D eigenvalue weighted by atomic mass is 127. The molecule has 0 radical (unpaired) electrons. The Hall–Kier alpha value is -1.53. The van der Waals surface area contributed by atoms with Gasteiger partial charge in [0.05, 0.1) is 12.9 Å². The van der Waals surface area contributed by atoms with Gasteiger partial charge < -0.3 is 20.3 Å². The molecule has 0 unspecified atom stereocenters. The molecule has 1 aromatic carbocycles. The number of anilines is 1. The Morgan fingerprint density at radius 3 is 2.92 bits per heavy atom. The molecule has 3 heterocycles. The standard InChI is InChI=1S/C16H15ClIN5O3/c17-16-21-13(19-5-8-2-1-3-9(18)4-8)11-14(22-16)23(7-20-11)15-12(25)10(24)6-26-15/h1-4,7,10,12,15,24-25H,5-6H2,(H,19,21,22)/t10-,12-,15-/m1/s1. The number of aromatic nitrogens is 4. The zero-order valence-electron chi connectivity index (χ0n) is 13.4. The number of nitrogens with zero attached hydrogens (tertiary/aromatic N) is 4. The van der Waals surface area contributed by atoms with Crippen molar-refractivity contribution < 1.29 is 14.9 Å². The van der Waals surface area contributed by atoms with Gasteiger partial charge in [0.2, 0.25) is 5.28 Å². The first-order valence-corrected chi connectivity index (χ1v) is 9.35. The largest absolute Gasteiger partial charge is 0.388 e. The number of aliphatic hydroxyl groups is 2. The number of rotatable bonds is 4. The van der Waals surface area contributed by atoms with Gasteiger partial charge in [0.25, 0.3) is 0 Å². The molecule has 2 aromatic heterocycles. The third kappa shape index (κ3) is 3.37. The van der Waals surface area contributed by atoms with Crippen LogP contribution in [0.15, 0.2) is 30.6 Å². The van der Waals surface area contributed by atoms with Crippen LogP contribution in [-0.4, -0.2) is 48.5 Å². The maximum atomic E-state index is 10.1. The van der Waals surface area contributed by atoms with Gasteiger partial charge in [0, 0.05) is 10.1 Å². The van der Waals surface area contributed by atoms with Gasteiger partial charge in [-0.3, -0.25) is 4.57 Å². The average molecular weight is 488 g/mol. The summed E-state index contributed by atoms with van der Waals surface area (Å²) in [6.45, 7) is 0.593. The van der Waals surface area contributed by atoms with Crippen LogP contribution in [0, 0.1) is 3.57 Å². The summed E-state index contributed by atoms with van der Waals surface area (Å²) in [7, 11) is 0. The molecule has 0 spiro atoms. The molecular formula is C16H15ClIN5O3. The van der Waals surface area contributed by atoms with Gasteiger partial charge in [-0.1, -0.05) is 12.1 Å². The zero-order chi connectivity index (χ0) is 18.3. The van der Waals surface area contributed by atoms with Gasteiger partial charge in [-0.2, -0.15) is 9.97 Å². The molecule has 136 valence electrons. The van der Waals surface area contributed by atoms with E-state index in [4.69, 9.17) is 16.3 Å². The van der Waals surface area contributed by atoms with E-state index in [0.717, 1.165) is 9.13 Å². The molecule has 0 bridgehead atoms. The second kappa shape index (κ2) is 7.24. The molecule has 4 rings (SSSR count). The van der Waals surface area contributed by atoms with Crippen molar-refractivity contribution in [3.63, 3.8) is 0 Å². The van der Waals surface area contributed by atoms with Crippen molar-refractivity contribution in [2.24, 2.45) is 0 Å². The molecule has 8 nitrogen and oxygen atoms in total. The molecule has 3 aromatic rings. The SMILES string of the molecule is O[C@@H]1[C@H](O)CO[C@H]1n1cnc2c(NCc3cccc(I)c3)nc(Cl)nc21. The number of benzene rings is 1. The molecule has 0 amide bonds. The topological polar surface area (TPSA) is 105 Å². The van der Waals surface area contributed by atoms with Gasteiger partial charge in [-0.25, -0.2) is 4.98 Å². The molecule has 3 atom stereocenters. The van der Waals surface area contributed by atoms with Crippen LogP contribution in [0.25, 0.3) is 11.2 Å². The van der Waals surface area contributed by atoms with Gasteiger partial charge in [0.15, 0.2) is 23.2 Å². The molecule has 26 heavy (non-hydrogen) atoms. The lowest BCUT2D eigenvalue weighted by Crippen LogP contribution is -2.28. The van der Waals surface area contributed by atoms with Crippen LogP contribution >= 0.6 is 34.2 Å². The Kier molecular flexibility index (Phi) is 4.97. The van der Waals surface area contributed by atoms with Crippen LogP contribution in [0.1, 0.15) is 11.8 Å². The minimum atomic E-state index is -1.07. The van der Waals surface area contributed by atoms with Crippen LogP contribution in [0.2, 0.25) is 5.28 Å². The van der Waals surface area contributed by atoms with E-state index in [9.17, 15) is 10.2 Å². The smallest absolute Gasteiger partial charge is 0.226 e. The summed E-state index contributed by atoms with van der Waals surface area (Å²) < 4.78 is 8.15. The monoisotopic (exact) mass is 487 g/mol. The summed E-state index contributed by atoms with van der Waals surface area (Å²) in [6.07, 6.45) is -1.29. The van der Waals surface area contributed by atoms with Gasteiger partial charge in [0.1, 0.15) is 12.2 Å². The fourth-order valence-corrected chi connectivity index (χ4v) is 3.63. The molecule has 0 saturated carbocycles. The second-order valence-corrected chi connectivity index (χ2v) is 7.51. The van der Waals surface area contributed by atoms with E-state index in [-0.39, 0.29) is 11.9 Å². The Morgan fingerprint density at radius 2 is 2.19 bits per heavy atom. The van der Waals surface area contributed by atoms with Crippen molar-refractivity contribution in [2.75, 3.05) is 11.9 Å². The molecule has 0 aliphatic carbocycles. The number of ether oxygens (including phenoxy) is 1. The highest BCUT2D eigenvalue weighted by Crippen LogP contribution is 2.29. The Balaban J connectivity index is 1.66. The van der Waals surface area contributed by atoms with E-state index in [1.807, 2.05) is 18.2 Å². The van der Waals surface area contributed by atoms with E-state index in [2.05, 4.69) is 48.9 Å². The minimum Gasteiger partial charge on any atom is -0.388 e. The van der Waals surface area contributed by atoms with Crippen LogP contribution in [0.4, 0.5) is 5.82 Å². The lowest BCUT2D eigenvalue weighted by molar-refractivity contribution is -0.0162. The summed E-state index contributed by atoms with van der Waals surface area (Å²) in [5.74, 6) is 0.491. The Bertz CT molecular complexity index is 953. The molecule has 1 saturated heterocycles. The van der Waals surface area contributed by atoms with Crippen molar-refractivity contribution in [1.29, 1.82) is 0 Å². The van der Waals surface area contributed by atoms with Crippen LogP contribution < -0.4 is 5.32 Å². The predicted octanol–water partition coefficient (Wildman–Crippen LogP) is 1.95. The number of hydrogen-bond donors (Lipinski definition) is 3. The lowest BCUT2D eigenvalue weighted by Gasteiger charge is -2.16. The Labute approximate surface area is 167 Å². The van der Waals surface area contributed by atoms with Crippen molar-refractivity contribution in [2.45, 2.75) is 25.0 Å². The van der Waals surface area contributed by atoms with Crippen molar-refractivity contribution in [3.8, 4) is 0 Å². The lowest BCUT2D eigenvalue weighted by atomic mass is 10.2. The number of imidazole rings is 1. The van der Waals surface area contributed by atoms with E-state index in [1.54, 1.807) is 4.57 Å². The van der Waals surface area contributed by atoms with Gasteiger partial charge in [-0.05, 0) is 51.9 Å². The quantitative estimate of drug-likeness (QED) is 0.382. The number of halogens is 2. The molecule has 1 aliphatic rings. The first kappa shape index (κ1) is 17.9. The maximum absolute atomic E-state index is 10.1. The van der Waals surface area contributed by atoms with Gasteiger partial charge in [-0.15, -0.1) is 0 Å². The van der Waals surface area contributed by atoms with E-state index in [1.165, 1.54) is 6.33 Å². The summed E-state index contributed by atoms with van der Waals surface area (Å²) in [4.78, 5) is 12.8. The van der Waals surface area contributed by atoms with E-state index in [0.29, 0.717) is 23.5 Å². The average Bonchev–Trinajstić information content (AvgIpc) is 3.17. The first-order valence-electron chi connectivity index (χ1n) is 7.89. The summed E-state index contributed by atoms with van der Waals surface area (Å²) in [5.41, 5.74) is 2.03. The van der Waals surface area contributed by atoms with Crippen molar-refractivity contribution >= 4 is 51.2 Å². The molecular weight excluding hydrogens is 473 g/mol. The number of aliphatic hydroxyl groups excluding tert-OH is 2. The molecule has 1 aliphatic heterocycles. The first-order chi connectivity index (χ1) is 12.5. The second-order valence-electron chi connectivity index (χ2n) is 5.93. The molecule has 3 N–H and O–H groups in total. The van der Waals surface area contributed by atoms with Crippen LogP contribution in [0.5, 0.6) is 0 Å². The van der Waals surface area contributed by atoms with E-state index < -0.39 is 18.4 Å². The summed E-state index contributed by atoms with van der Waals surface area (Å²) in [5, 5.41) is 23.1. The van der Waals surface area contributed by atoms with Crippen LogP contribution in [0.3, 0.4) is 0 Å². The fraction of sp³-hybridized carbons (Fsp3) is 0.312. The highest BCUT2D eigenvalue weighted by Gasteiger charge is 2.37. The number of fused-ring (bicyclic) bond motifs is 1. The molecule has 1 fully saturated rings. The highest BCUT2D eigenvalue weighted by molar-refractivity contribution is 14.1. The summed E-state index contributed by atoms with van der Waals surface area (Å²) >= 11 is 8.33. The number of nitrogens with one attached hydrogen (secondary N) is 1. The fourth-order valence-electron chi connectivity index (χ4n) is 2.86. The Morgan fingerprint density at radius 1 is 1.35 bits per heavy atom. The van der Waals surface area contributed by atoms with Gasteiger partial charge >= 0.3 is 0 Å². The maximum Gasteiger partial charge on any atom is 0.226 e. The normalized spacial score (nSPS) is 22.8.